The number of benzene rings is 2. The Kier molecular flexibility index (Phi) is 2.82. The molecule has 0 aliphatic heterocycles. The van der Waals surface area contributed by atoms with Crippen LogP contribution >= 0.6 is 0 Å². The Bertz CT molecular complexity index is 665. The van der Waals surface area contributed by atoms with Gasteiger partial charge in [0, 0.05) is 23.7 Å². The normalized spacial score (nSPS) is 10.9. The number of fused-ring (bicyclic) bond motifs is 1. The van der Waals surface area contributed by atoms with Gasteiger partial charge in [0.2, 0.25) is 0 Å². The molecule has 2 N–H and O–H groups in total. The van der Waals surface area contributed by atoms with Crippen molar-refractivity contribution in [1.82, 2.24) is 9.55 Å². The van der Waals surface area contributed by atoms with Crippen molar-refractivity contribution in [2.75, 3.05) is 6.54 Å². The Hall–Kier alpha value is -2.13. The topological polar surface area (TPSA) is 43.8 Å². The molecule has 0 spiro atoms. The number of aromatic nitrogens is 2. The molecule has 0 aliphatic carbocycles. The molecule has 0 bridgehead atoms. The molecular formula is C15H15N3. The summed E-state index contributed by atoms with van der Waals surface area (Å²) in [4.78, 5) is 4.23. The lowest BCUT2D eigenvalue weighted by Crippen LogP contribution is -2.07. The smallest absolute Gasteiger partial charge is 0.0994 e. The number of hydrogen-bond donors (Lipinski definition) is 1. The van der Waals surface area contributed by atoms with Crippen molar-refractivity contribution in [3.63, 3.8) is 0 Å². The van der Waals surface area contributed by atoms with Gasteiger partial charge in [-0.05, 0) is 18.0 Å². The third-order valence-corrected chi connectivity index (χ3v) is 3.14. The Balaban J connectivity index is 2.22. The van der Waals surface area contributed by atoms with E-state index in [-0.39, 0.29) is 0 Å². The summed E-state index contributed by atoms with van der Waals surface area (Å²) in [6.45, 7) is 0.635. The second-order valence-electron chi connectivity index (χ2n) is 4.29. The molecule has 3 heteroatoms. The van der Waals surface area contributed by atoms with Crippen LogP contribution in [0.3, 0.4) is 0 Å². The predicted octanol–water partition coefficient (Wildman–Crippen LogP) is 2.53. The third kappa shape index (κ3) is 1.79. The molecule has 3 rings (SSSR count). The quantitative estimate of drug-likeness (QED) is 0.760. The largest absolute Gasteiger partial charge is 0.330 e. The van der Waals surface area contributed by atoms with E-state index in [9.17, 15) is 0 Å². The first-order valence-corrected chi connectivity index (χ1v) is 6.09. The molecule has 18 heavy (non-hydrogen) atoms. The maximum absolute atomic E-state index is 5.64. The monoisotopic (exact) mass is 237 g/mol. The fraction of sp³-hybridized carbons (Fsp3) is 0.133. The second kappa shape index (κ2) is 4.63. The van der Waals surface area contributed by atoms with Gasteiger partial charge in [0.25, 0.3) is 0 Å². The molecule has 1 aromatic heterocycles. The molecule has 0 fully saturated rings. The van der Waals surface area contributed by atoms with Crippen LogP contribution in [0.25, 0.3) is 16.5 Å². The van der Waals surface area contributed by atoms with E-state index in [4.69, 9.17) is 5.73 Å². The molecule has 0 amide bonds. The van der Waals surface area contributed by atoms with Gasteiger partial charge in [0.15, 0.2) is 0 Å². The van der Waals surface area contributed by atoms with E-state index in [1.54, 1.807) is 0 Å². The number of hydrogen-bond acceptors (Lipinski definition) is 2. The molecule has 90 valence electrons. The first-order chi connectivity index (χ1) is 8.90. The highest BCUT2D eigenvalue weighted by atomic mass is 15.1. The highest BCUT2D eigenvalue weighted by Gasteiger charge is 2.06. The molecule has 1 heterocycles. The van der Waals surface area contributed by atoms with Gasteiger partial charge in [-0.25, -0.2) is 4.98 Å². The molecule has 0 atom stereocenters. The van der Waals surface area contributed by atoms with Crippen LogP contribution < -0.4 is 5.73 Å². The zero-order valence-electron chi connectivity index (χ0n) is 10.1. The summed E-state index contributed by atoms with van der Waals surface area (Å²) in [6, 6.07) is 14.7. The van der Waals surface area contributed by atoms with Crippen LogP contribution in [-0.4, -0.2) is 16.1 Å². The number of imidazole rings is 1. The van der Waals surface area contributed by atoms with Gasteiger partial charge in [-0.2, -0.15) is 0 Å². The maximum Gasteiger partial charge on any atom is 0.0994 e. The van der Waals surface area contributed by atoms with Crippen LogP contribution in [0.15, 0.2) is 55.0 Å². The van der Waals surface area contributed by atoms with Crippen LogP contribution in [0.5, 0.6) is 0 Å². The summed E-state index contributed by atoms with van der Waals surface area (Å²) in [5.41, 5.74) is 7.95. The lowest BCUT2D eigenvalue weighted by molar-refractivity contribution is 0.877. The lowest BCUT2D eigenvalue weighted by atomic mass is 10.1. The number of rotatable bonds is 3. The van der Waals surface area contributed by atoms with Gasteiger partial charge < -0.3 is 10.3 Å². The van der Waals surface area contributed by atoms with Crippen molar-refractivity contribution < 1.29 is 0 Å². The zero-order valence-corrected chi connectivity index (χ0v) is 10.1. The van der Waals surface area contributed by atoms with E-state index in [0.29, 0.717) is 6.54 Å². The maximum atomic E-state index is 5.64. The Morgan fingerprint density at radius 1 is 1.06 bits per heavy atom. The van der Waals surface area contributed by atoms with Gasteiger partial charge in [-0.1, -0.05) is 36.4 Å². The van der Waals surface area contributed by atoms with E-state index < -0.39 is 0 Å². The van der Waals surface area contributed by atoms with Crippen molar-refractivity contribution >= 4 is 10.8 Å². The van der Waals surface area contributed by atoms with Crippen molar-refractivity contribution in [3.8, 4) is 5.69 Å². The molecule has 3 nitrogen and oxygen atoms in total. The van der Waals surface area contributed by atoms with E-state index in [2.05, 4.69) is 52.0 Å². The molecule has 3 aromatic rings. The minimum absolute atomic E-state index is 0.635. The first kappa shape index (κ1) is 11.0. The fourth-order valence-corrected chi connectivity index (χ4v) is 2.29. The van der Waals surface area contributed by atoms with Crippen LogP contribution in [0, 0.1) is 0 Å². The van der Waals surface area contributed by atoms with Gasteiger partial charge in [-0.3, -0.25) is 0 Å². The van der Waals surface area contributed by atoms with Crippen LogP contribution in [0.4, 0.5) is 0 Å². The predicted molar refractivity (Wildman–Crippen MR) is 73.8 cm³/mol. The second-order valence-corrected chi connectivity index (χ2v) is 4.29. The standard InChI is InChI=1S/C15H15N3/c16-9-8-13-10-17-11-18(13)15-7-3-5-12-4-1-2-6-14(12)15/h1-7,10-11H,8-9,16H2. The van der Waals surface area contributed by atoms with Gasteiger partial charge in [0.1, 0.15) is 0 Å². The SMILES string of the molecule is NCCc1cncn1-c1cccc2ccccc12. The Morgan fingerprint density at radius 2 is 1.89 bits per heavy atom. The molecular weight excluding hydrogens is 222 g/mol. The third-order valence-electron chi connectivity index (χ3n) is 3.14. The number of nitrogens with zero attached hydrogens (tertiary/aromatic N) is 2. The molecule has 0 aliphatic rings. The summed E-state index contributed by atoms with van der Waals surface area (Å²) >= 11 is 0. The van der Waals surface area contributed by atoms with Gasteiger partial charge in [-0.15, -0.1) is 0 Å². The minimum atomic E-state index is 0.635. The molecule has 2 aromatic carbocycles. The number of nitrogens with two attached hydrogens (primary N) is 1. The molecule has 0 radical (unpaired) electrons. The summed E-state index contributed by atoms with van der Waals surface area (Å²) in [6.07, 6.45) is 4.57. The summed E-state index contributed by atoms with van der Waals surface area (Å²) in [7, 11) is 0. The van der Waals surface area contributed by atoms with Crippen LogP contribution in [-0.2, 0) is 6.42 Å². The zero-order chi connectivity index (χ0) is 12.4. The summed E-state index contributed by atoms with van der Waals surface area (Å²) in [5.74, 6) is 0. The lowest BCUT2D eigenvalue weighted by Gasteiger charge is -2.10. The van der Waals surface area contributed by atoms with E-state index >= 15 is 0 Å². The van der Waals surface area contributed by atoms with Crippen molar-refractivity contribution in [3.05, 3.63) is 60.7 Å². The van der Waals surface area contributed by atoms with Gasteiger partial charge >= 0.3 is 0 Å². The van der Waals surface area contributed by atoms with Crippen molar-refractivity contribution in [2.45, 2.75) is 6.42 Å². The highest BCUT2D eigenvalue weighted by molar-refractivity contribution is 5.90. The first-order valence-electron chi connectivity index (χ1n) is 6.09. The average Bonchev–Trinajstić information content (AvgIpc) is 2.87. The van der Waals surface area contributed by atoms with Crippen LogP contribution in [0.1, 0.15) is 5.69 Å². The molecule has 0 saturated carbocycles. The van der Waals surface area contributed by atoms with Gasteiger partial charge in [0.05, 0.1) is 12.0 Å². The van der Waals surface area contributed by atoms with E-state index in [0.717, 1.165) is 17.8 Å². The Labute approximate surface area is 106 Å². The molecule has 0 saturated heterocycles. The summed E-state index contributed by atoms with van der Waals surface area (Å²) in [5, 5.41) is 2.47. The highest BCUT2D eigenvalue weighted by Crippen LogP contribution is 2.23. The van der Waals surface area contributed by atoms with Crippen molar-refractivity contribution in [2.24, 2.45) is 5.73 Å². The minimum Gasteiger partial charge on any atom is -0.330 e. The van der Waals surface area contributed by atoms with Crippen LogP contribution in [0.2, 0.25) is 0 Å². The molecule has 0 unspecified atom stereocenters. The van der Waals surface area contributed by atoms with E-state index in [1.807, 2.05) is 12.5 Å². The Morgan fingerprint density at radius 3 is 2.78 bits per heavy atom. The van der Waals surface area contributed by atoms with E-state index in [1.165, 1.54) is 10.8 Å². The average molecular weight is 237 g/mol. The van der Waals surface area contributed by atoms with Crippen molar-refractivity contribution in [1.29, 1.82) is 0 Å². The fourth-order valence-electron chi connectivity index (χ4n) is 2.29. The summed E-state index contributed by atoms with van der Waals surface area (Å²) < 4.78 is 2.12.